The standard InChI is InChI=1S/C6H13NO2.C3H4O3/c1-3-4(2)5(7)6(8)9;1-2(4)3(5)6/h4-5H,3,7H2,1-2H3,(H,8,9);1H3,(H,5,6). The second-order valence-corrected chi connectivity index (χ2v) is 3.11. The molecule has 0 spiro atoms. The largest absolute Gasteiger partial charge is 0.480 e. The quantitative estimate of drug-likeness (QED) is 0.577. The van der Waals surface area contributed by atoms with Crippen molar-refractivity contribution in [1.29, 1.82) is 0 Å². The monoisotopic (exact) mass is 219 g/mol. The summed E-state index contributed by atoms with van der Waals surface area (Å²) in [6.07, 6.45) is 0.813. The minimum absolute atomic E-state index is 0.0718. The van der Waals surface area contributed by atoms with Crippen LogP contribution < -0.4 is 5.73 Å². The molecule has 4 N–H and O–H groups in total. The van der Waals surface area contributed by atoms with Crippen molar-refractivity contribution in [3.8, 4) is 0 Å². The Morgan fingerprint density at radius 3 is 1.67 bits per heavy atom. The van der Waals surface area contributed by atoms with Crippen LogP contribution in [0.25, 0.3) is 0 Å². The van der Waals surface area contributed by atoms with E-state index in [1.165, 1.54) is 0 Å². The first kappa shape index (κ1) is 16.0. The van der Waals surface area contributed by atoms with Gasteiger partial charge in [0.25, 0.3) is 0 Å². The van der Waals surface area contributed by atoms with E-state index in [4.69, 9.17) is 15.9 Å². The van der Waals surface area contributed by atoms with Crippen LogP contribution in [0, 0.1) is 5.92 Å². The van der Waals surface area contributed by atoms with Gasteiger partial charge in [-0.05, 0) is 5.92 Å². The van der Waals surface area contributed by atoms with E-state index < -0.39 is 23.8 Å². The van der Waals surface area contributed by atoms with Gasteiger partial charge in [-0.2, -0.15) is 0 Å². The molecule has 2 atom stereocenters. The Balaban J connectivity index is 0. The number of hydrogen-bond acceptors (Lipinski definition) is 4. The highest BCUT2D eigenvalue weighted by Crippen LogP contribution is 2.04. The molecule has 88 valence electrons. The van der Waals surface area contributed by atoms with E-state index in [2.05, 4.69) is 0 Å². The van der Waals surface area contributed by atoms with Gasteiger partial charge in [0, 0.05) is 6.92 Å². The lowest BCUT2D eigenvalue weighted by molar-refractivity contribution is -0.148. The molecule has 0 saturated carbocycles. The van der Waals surface area contributed by atoms with Crippen LogP contribution in [0.2, 0.25) is 0 Å². The van der Waals surface area contributed by atoms with Gasteiger partial charge >= 0.3 is 11.9 Å². The van der Waals surface area contributed by atoms with Gasteiger partial charge in [-0.15, -0.1) is 0 Å². The van der Waals surface area contributed by atoms with E-state index >= 15 is 0 Å². The molecule has 6 nitrogen and oxygen atoms in total. The van der Waals surface area contributed by atoms with Crippen LogP contribution in [-0.2, 0) is 14.4 Å². The number of hydrogen-bond donors (Lipinski definition) is 3. The number of ketones is 1. The lowest BCUT2D eigenvalue weighted by Crippen LogP contribution is -2.36. The molecule has 0 amide bonds. The van der Waals surface area contributed by atoms with Crippen LogP contribution in [0.4, 0.5) is 0 Å². The van der Waals surface area contributed by atoms with Crippen LogP contribution in [0.1, 0.15) is 27.2 Å². The molecule has 0 radical (unpaired) electrons. The molecule has 0 rings (SSSR count). The van der Waals surface area contributed by atoms with Crippen molar-refractivity contribution >= 4 is 17.7 Å². The number of carboxylic acid groups (broad SMARTS) is 2. The summed E-state index contributed by atoms with van der Waals surface area (Å²) in [6, 6.07) is -0.699. The van der Waals surface area contributed by atoms with E-state index in [0.717, 1.165) is 13.3 Å². The minimum Gasteiger partial charge on any atom is -0.480 e. The van der Waals surface area contributed by atoms with Crippen LogP contribution in [0.5, 0.6) is 0 Å². The van der Waals surface area contributed by atoms with Crippen molar-refractivity contribution in [2.75, 3.05) is 0 Å². The molecule has 0 saturated heterocycles. The highest BCUT2D eigenvalue weighted by Gasteiger charge is 2.17. The summed E-state index contributed by atoms with van der Waals surface area (Å²) in [6.45, 7) is 4.76. The SMILES string of the molecule is CC(=O)C(=O)O.CCC(C)C(N)C(=O)O. The first-order valence-electron chi connectivity index (χ1n) is 4.46. The van der Waals surface area contributed by atoms with E-state index in [1.54, 1.807) is 0 Å². The van der Waals surface area contributed by atoms with E-state index in [0.29, 0.717) is 0 Å². The van der Waals surface area contributed by atoms with Crippen molar-refractivity contribution in [2.45, 2.75) is 33.2 Å². The zero-order valence-corrected chi connectivity index (χ0v) is 9.06. The zero-order valence-electron chi connectivity index (χ0n) is 9.06. The van der Waals surface area contributed by atoms with E-state index in [9.17, 15) is 14.4 Å². The zero-order chi connectivity index (χ0) is 12.6. The average Bonchev–Trinajstić information content (AvgIpc) is 2.16. The summed E-state index contributed by atoms with van der Waals surface area (Å²) in [5.74, 6) is -3.04. The first-order chi connectivity index (χ1) is 6.73. The molecule has 0 aliphatic rings. The predicted molar refractivity (Wildman–Crippen MR) is 53.4 cm³/mol. The Morgan fingerprint density at radius 1 is 1.27 bits per heavy atom. The molecule has 0 aliphatic carbocycles. The smallest absolute Gasteiger partial charge is 0.371 e. The van der Waals surface area contributed by atoms with Crippen molar-refractivity contribution in [2.24, 2.45) is 11.7 Å². The lowest BCUT2D eigenvalue weighted by atomic mass is 10.0. The summed E-state index contributed by atoms with van der Waals surface area (Å²) in [5, 5.41) is 16.0. The molecule has 6 heteroatoms. The highest BCUT2D eigenvalue weighted by molar-refractivity contribution is 6.31. The fraction of sp³-hybridized carbons (Fsp3) is 0.667. The lowest BCUT2D eigenvalue weighted by Gasteiger charge is -2.11. The topological polar surface area (TPSA) is 118 Å². The maximum Gasteiger partial charge on any atom is 0.371 e. The molecule has 0 aliphatic heterocycles. The molecule has 15 heavy (non-hydrogen) atoms. The average molecular weight is 219 g/mol. The van der Waals surface area contributed by atoms with Gasteiger partial charge in [-0.3, -0.25) is 9.59 Å². The van der Waals surface area contributed by atoms with Gasteiger partial charge in [0.15, 0.2) is 0 Å². The minimum atomic E-state index is -1.38. The molecule has 2 unspecified atom stereocenters. The number of carboxylic acids is 2. The Bertz CT molecular complexity index is 227. The summed E-state index contributed by atoms with van der Waals surface area (Å²) in [5.41, 5.74) is 5.27. The van der Waals surface area contributed by atoms with Crippen molar-refractivity contribution < 1.29 is 24.6 Å². The molecular formula is C9H17NO5. The van der Waals surface area contributed by atoms with Crippen LogP contribution in [0.15, 0.2) is 0 Å². The number of nitrogens with two attached hydrogens (primary N) is 1. The van der Waals surface area contributed by atoms with Crippen LogP contribution in [0.3, 0.4) is 0 Å². The Hall–Kier alpha value is -1.43. The predicted octanol–water partition coefficient (Wildman–Crippen LogP) is 0.104. The molecule has 0 bridgehead atoms. The number of carbonyl (C=O) groups excluding carboxylic acids is 1. The Morgan fingerprint density at radius 2 is 1.60 bits per heavy atom. The summed E-state index contributed by atoms with van der Waals surface area (Å²) in [4.78, 5) is 29.1. The molecule has 0 aromatic carbocycles. The fourth-order valence-corrected chi connectivity index (χ4v) is 0.497. The molecular weight excluding hydrogens is 202 g/mol. The highest BCUT2D eigenvalue weighted by atomic mass is 16.4. The third-order valence-electron chi connectivity index (χ3n) is 1.84. The maximum absolute atomic E-state index is 10.2. The maximum atomic E-state index is 10.2. The van der Waals surface area contributed by atoms with Gasteiger partial charge < -0.3 is 15.9 Å². The van der Waals surface area contributed by atoms with Crippen molar-refractivity contribution in [3.05, 3.63) is 0 Å². The van der Waals surface area contributed by atoms with Crippen LogP contribution >= 0.6 is 0 Å². The van der Waals surface area contributed by atoms with Crippen LogP contribution in [-0.4, -0.2) is 34.0 Å². The van der Waals surface area contributed by atoms with E-state index in [1.807, 2.05) is 13.8 Å². The molecule has 0 fully saturated rings. The van der Waals surface area contributed by atoms with Gasteiger partial charge in [-0.25, -0.2) is 4.79 Å². The summed E-state index contributed by atoms with van der Waals surface area (Å²) < 4.78 is 0. The Kier molecular flexibility index (Phi) is 8.46. The number of rotatable bonds is 4. The number of aliphatic carboxylic acids is 2. The molecule has 0 aromatic rings. The fourth-order valence-electron chi connectivity index (χ4n) is 0.497. The van der Waals surface area contributed by atoms with E-state index in [-0.39, 0.29) is 5.92 Å². The van der Waals surface area contributed by atoms with Crippen molar-refractivity contribution in [1.82, 2.24) is 0 Å². The third-order valence-corrected chi connectivity index (χ3v) is 1.84. The summed E-state index contributed by atoms with van der Waals surface area (Å²) in [7, 11) is 0. The first-order valence-corrected chi connectivity index (χ1v) is 4.46. The van der Waals surface area contributed by atoms with Gasteiger partial charge in [0.2, 0.25) is 5.78 Å². The Labute approximate surface area is 88.1 Å². The molecule has 0 aromatic heterocycles. The third kappa shape index (κ3) is 8.89. The van der Waals surface area contributed by atoms with Gasteiger partial charge in [-0.1, -0.05) is 20.3 Å². The van der Waals surface area contributed by atoms with Crippen molar-refractivity contribution in [3.63, 3.8) is 0 Å². The normalized spacial score (nSPS) is 13.1. The summed E-state index contributed by atoms with van der Waals surface area (Å²) >= 11 is 0. The molecule has 0 heterocycles. The second kappa shape index (κ2) is 7.93. The van der Waals surface area contributed by atoms with Gasteiger partial charge in [0.1, 0.15) is 6.04 Å². The second-order valence-electron chi connectivity index (χ2n) is 3.11. The van der Waals surface area contributed by atoms with Gasteiger partial charge in [0.05, 0.1) is 0 Å². The number of carbonyl (C=O) groups is 3. The number of Topliss-reactive ketones (excluding diaryl/α,β-unsaturated/α-hetero) is 1.